The fourth-order valence-corrected chi connectivity index (χ4v) is 1.55. The summed E-state index contributed by atoms with van der Waals surface area (Å²) in [5.74, 6) is 0. The highest BCUT2D eigenvalue weighted by Gasteiger charge is 2.25. The van der Waals surface area contributed by atoms with Crippen LogP contribution in [0.25, 0.3) is 0 Å². The van der Waals surface area contributed by atoms with Crippen LogP contribution in [0.5, 0.6) is 0 Å². The molecule has 106 valence electrons. The lowest BCUT2D eigenvalue weighted by Gasteiger charge is -2.28. The Morgan fingerprint density at radius 2 is 1.83 bits per heavy atom. The van der Waals surface area contributed by atoms with Crippen molar-refractivity contribution in [3.63, 3.8) is 0 Å². The Kier molecular flexibility index (Phi) is 13.6. The molecule has 0 N–H and O–H groups in total. The van der Waals surface area contributed by atoms with Crippen LogP contribution in [0.4, 0.5) is 0 Å². The van der Waals surface area contributed by atoms with E-state index in [0.717, 1.165) is 12.0 Å². The number of pyridine rings is 1. The summed E-state index contributed by atoms with van der Waals surface area (Å²) in [6.07, 6.45) is 7.10. The number of hydrogen-bond acceptors (Lipinski definition) is 2. The maximum atomic E-state index is 5.59. The Balaban J connectivity index is 0. The molecule has 1 heterocycles. The lowest BCUT2D eigenvalue weighted by atomic mass is 9.91. The summed E-state index contributed by atoms with van der Waals surface area (Å²) in [6, 6.07) is 4.03. The van der Waals surface area contributed by atoms with Crippen LogP contribution in [-0.4, -0.2) is 12.1 Å². The van der Waals surface area contributed by atoms with Crippen molar-refractivity contribution in [1.82, 2.24) is 4.98 Å². The van der Waals surface area contributed by atoms with Gasteiger partial charge in [0.15, 0.2) is 0 Å². The molecule has 1 unspecified atom stereocenters. The van der Waals surface area contributed by atoms with E-state index in [4.69, 9.17) is 4.74 Å². The molecule has 0 radical (unpaired) electrons. The fraction of sp³-hybridized carbons (Fsp3) is 0.688. The van der Waals surface area contributed by atoms with E-state index >= 15 is 0 Å². The summed E-state index contributed by atoms with van der Waals surface area (Å²) in [4.78, 5) is 4.13. The highest BCUT2D eigenvalue weighted by Crippen LogP contribution is 2.29. The molecule has 1 aromatic heterocycles. The molecule has 0 aliphatic heterocycles. The van der Waals surface area contributed by atoms with Crippen LogP contribution in [0.1, 0.15) is 66.4 Å². The van der Waals surface area contributed by atoms with Gasteiger partial charge in [0.1, 0.15) is 0 Å². The van der Waals surface area contributed by atoms with Crippen molar-refractivity contribution in [3.05, 3.63) is 30.1 Å². The summed E-state index contributed by atoms with van der Waals surface area (Å²) in [5.41, 5.74) is 0.987. The first kappa shape index (κ1) is 19.4. The summed E-state index contributed by atoms with van der Waals surface area (Å²) < 4.78 is 5.59. The minimum atomic E-state index is -0.176. The van der Waals surface area contributed by atoms with Gasteiger partial charge in [-0.25, -0.2) is 0 Å². The van der Waals surface area contributed by atoms with Gasteiger partial charge in [0.2, 0.25) is 0 Å². The summed E-state index contributed by atoms with van der Waals surface area (Å²) in [7, 11) is 1.77. The first-order valence-corrected chi connectivity index (χ1v) is 7.18. The van der Waals surface area contributed by atoms with Crippen LogP contribution < -0.4 is 0 Å². The van der Waals surface area contributed by atoms with Crippen molar-refractivity contribution >= 4 is 0 Å². The van der Waals surface area contributed by atoms with Gasteiger partial charge in [-0.3, -0.25) is 4.98 Å². The highest BCUT2D eigenvalue weighted by atomic mass is 16.5. The lowest BCUT2D eigenvalue weighted by molar-refractivity contribution is -0.00752. The molecular formula is C16H31NO. The van der Waals surface area contributed by atoms with Crippen LogP contribution in [0.15, 0.2) is 24.5 Å². The molecular weight excluding hydrogens is 222 g/mol. The minimum absolute atomic E-state index is 0.176. The zero-order valence-electron chi connectivity index (χ0n) is 13.3. The predicted molar refractivity (Wildman–Crippen MR) is 80.8 cm³/mol. The molecule has 0 spiro atoms. The molecule has 0 fully saturated rings. The highest BCUT2D eigenvalue weighted by molar-refractivity contribution is 5.17. The molecule has 0 saturated heterocycles. The first-order valence-electron chi connectivity index (χ1n) is 7.18. The van der Waals surface area contributed by atoms with Gasteiger partial charge in [-0.1, -0.05) is 53.5 Å². The van der Waals surface area contributed by atoms with Crippen LogP contribution >= 0.6 is 0 Å². The molecule has 2 heteroatoms. The largest absolute Gasteiger partial charge is 0.374 e. The second-order valence-corrected chi connectivity index (χ2v) is 3.78. The number of hydrogen-bond donors (Lipinski definition) is 0. The third-order valence-corrected chi connectivity index (χ3v) is 2.73. The van der Waals surface area contributed by atoms with E-state index < -0.39 is 0 Å². The minimum Gasteiger partial charge on any atom is -0.374 e. The SMILES string of the molecule is CC.CC.CCCCC(C)(OC)c1cccnc1. The topological polar surface area (TPSA) is 22.1 Å². The Morgan fingerprint density at radius 1 is 1.22 bits per heavy atom. The van der Waals surface area contributed by atoms with Crippen LogP contribution in [-0.2, 0) is 10.3 Å². The zero-order chi connectivity index (χ0) is 14.4. The molecule has 0 aromatic carbocycles. The van der Waals surface area contributed by atoms with Gasteiger partial charge in [0, 0.05) is 25.1 Å². The third-order valence-electron chi connectivity index (χ3n) is 2.73. The Morgan fingerprint density at radius 3 is 2.22 bits per heavy atom. The van der Waals surface area contributed by atoms with Crippen molar-refractivity contribution in [1.29, 1.82) is 0 Å². The van der Waals surface area contributed by atoms with Crippen LogP contribution in [0.2, 0.25) is 0 Å². The quantitative estimate of drug-likeness (QED) is 0.720. The molecule has 1 atom stereocenters. The van der Waals surface area contributed by atoms with E-state index in [1.54, 1.807) is 13.3 Å². The van der Waals surface area contributed by atoms with E-state index in [2.05, 4.69) is 24.9 Å². The monoisotopic (exact) mass is 253 g/mol. The van der Waals surface area contributed by atoms with E-state index in [1.807, 2.05) is 40.0 Å². The third kappa shape index (κ3) is 6.75. The van der Waals surface area contributed by atoms with E-state index in [-0.39, 0.29) is 5.60 Å². The number of aromatic nitrogens is 1. The second kappa shape index (κ2) is 12.6. The fourth-order valence-electron chi connectivity index (χ4n) is 1.55. The molecule has 18 heavy (non-hydrogen) atoms. The summed E-state index contributed by atoms with van der Waals surface area (Å²) in [5, 5.41) is 0. The molecule has 0 saturated carbocycles. The van der Waals surface area contributed by atoms with Gasteiger partial charge in [0.05, 0.1) is 5.60 Å². The Bertz CT molecular complexity index is 261. The second-order valence-electron chi connectivity index (χ2n) is 3.78. The molecule has 1 aromatic rings. The standard InChI is InChI=1S/C12H19NO.2C2H6/c1-4-5-8-12(2,14-3)11-7-6-9-13-10-11;2*1-2/h6-7,9-10H,4-5,8H2,1-3H3;2*1-2H3. The van der Waals surface area contributed by atoms with E-state index in [1.165, 1.54) is 12.8 Å². The van der Waals surface area contributed by atoms with Gasteiger partial charge < -0.3 is 4.74 Å². The Labute approximate surface area is 114 Å². The predicted octanol–water partition coefficient (Wildman–Crippen LogP) is 5.19. The van der Waals surface area contributed by atoms with Crippen LogP contribution in [0, 0.1) is 0 Å². The molecule has 0 bridgehead atoms. The molecule has 0 amide bonds. The van der Waals surface area contributed by atoms with E-state index in [9.17, 15) is 0 Å². The maximum Gasteiger partial charge on any atom is 0.0914 e. The maximum absolute atomic E-state index is 5.59. The summed E-state index contributed by atoms with van der Waals surface area (Å²) >= 11 is 0. The molecule has 0 aliphatic carbocycles. The smallest absolute Gasteiger partial charge is 0.0914 e. The van der Waals surface area contributed by atoms with Gasteiger partial charge >= 0.3 is 0 Å². The number of ether oxygens (including phenoxy) is 1. The van der Waals surface area contributed by atoms with Crippen molar-refractivity contribution in [2.75, 3.05) is 7.11 Å². The van der Waals surface area contributed by atoms with Gasteiger partial charge in [0.25, 0.3) is 0 Å². The number of rotatable bonds is 5. The van der Waals surface area contributed by atoms with Crippen molar-refractivity contribution in [3.8, 4) is 0 Å². The zero-order valence-corrected chi connectivity index (χ0v) is 13.3. The Hall–Kier alpha value is -0.890. The normalized spacial score (nSPS) is 12.4. The van der Waals surface area contributed by atoms with E-state index in [0.29, 0.717) is 0 Å². The van der Waals surface area contributed by atoms with Crippen LogP contribution in [0.3, 0.4) is 0 Å². The van der Waals surface area contributed by atoms with Gasteiger partial charge in [-0.05, 0) is 19.4 Å². The lowest BCUT2D eigenvalue weighted by Crippen LogP contribution is -2.24. The molecule has 0 aliphatic rings. The van der Waals surface area contributed by atoms with Crippen molar-refractivity contribution < 1.29 is 4.74 Å². The first-order chi connectivity index (χ1) is 8.73. The average molecular weight is 253 g/mol. The van der Waals surface area contributed by atoms with Gasteiger partial charge in [-0.15, -0.1) is 0 Å². The molecule has 2 nitrogen and oxygen atoms in total. The van der Waals surface area contributed by atoms with Gasteiger partial charge in [-0.2, -0.15) is 0 Å². The number of methoxy groups -OCH3 is 1. The van der Waals surface area contributed by atoms with Crippen molar-refractivity contribution in [2.45, 2.75) is 66.4 Å². The molecule has 1 rings (SSSR count). The number of nitrogens with zero attached hydrogens (tertiary/aromatic N) is 1. The van der Waals surface area contributed by atoms with Crippen molar-refractivity contribution in [2.24, 2.45) is 0 Å². The average Bonchev–Trinajstić information content (AvgIpc) is 2.50. The number of unbranched alkanes of at least 4 members (excludes halogenated alkanes) is 1. The summed E-state index contributed by atoms with van der Waals surface area (Å²) in [6.45, 7) is 12.3.